The summed E-state index contributed by atoms with van der Waals surface area (Å²) in [6.07, 6.45) is 6.60. The molecule has 0 radical (unpaired) electrons. The average molecular weight is 444 g/mol. The zero-order valence-corrected chi connectivity index (χ0v) is 18.8. The number of carboxylic acid groups (broad SMARTS) is 1. The fourth-order valence-corrected chi connectivity index (χ4v) is 4.72. The molecule has 7 heteroatoms. The van der Waals surface area contributed by atoms with Crippen molar-refractivity contribution in [2.45, 2.75) is 45.6 Å². The predicted octanol–water partition coefficient (Wildman–Crippen LogP) is 4.05. The maximum atomic E-state index is 10.9. The molecule has 0 bridgehead atoms. The van der Waals surface area contributed by atoms with E-state index in [4.69, 9.17) is 9.51 Å². The highest BCUT2D eigenvalue weighted by Gasteiger charge is 2.18. The van der Waals surface area contributed by atoms with Crippen molar-refractivity contribution in [3.05, 3.63) is 54.2 Å². The van der Waals surface area contributed by atoms with Crippen LogP contribution in [-0.4, -0.2) is 33.8 Å². The summed E-state index contributed by atoms with van der Waals surface area (Å²) < 4.78 is 7.56. The monoisotopic (exact) mass is 443 g/mol. The topological polar surface area (TPSA) is 87.2 Å². The van der Waals surface area contributed by atoms with Crippen LogP contribution in [0.3, 0.4) is 0 Å². The van der Waals surface area contributed by atoms with Crippen LogP contribution in [0.25, 0.3) is 33.7 Å². The standard InChI is InChI=1S/C26H28N4O3/c1-2-18-17-19(9-10-22(18)29-13-4-3-5-14-29)26-27-25(28-33-26)21-7-6-8-23-20(21)11-15-30(23)16-12-24(31)32/h6-11,15,17H,2-5,12-14,16H2,1H3,(H,31,32)/p-1. The van der Waals surface area contributed by atoms with Crippen LogP contribution in [0.1, 0.15) is 38.2 Å². The van der Waals surface area contributed by atoms with Crippen LogP contribution in [0.4, 0.5) is 5.69 Å². The lowest BCUT2D eigenvalue weighted by atomic mass is 10.0. The van der Waals surface area contributed by atoms with Crippen LogP contribution >= 0.6 is 0 Å². The molecule has 4 aromatic rings. The van der Waals surface area contributed by atoms with Crippen LogP contribution < -0.4 is 10.0 Å². The summed E-state index contributed by atoms with van der Waals surface area (Å²) in [5, 5.41) is 16.1. The molecule has 1 aliphatic heterocycles. The number of anilines is 1. The summed E-state index contributed by atoms with van der Waals surface area (Å²) in [6, 6.07) is 14.2. The molecule has 0 amide bonds. The van der Waals surface area contributed by atoms with Crippen LogP contribution in [0, 0.1) is 0 Å². The number of carbonyl (C=O) groups is 1. The Morgan fingerprint density at radius 3 is 2.76 bits per heavy atom. The van der Waals surface area contributed by atoms with Gasteiger partial charge in [-0.1, -0.05) is 24.2 Å². The molecule has 0 spiro atoms. The van der Waals surface area contributed by atoms with Gasteiger partial charge in [-0.05, 0) is 61.6 Å². The van der Waals surface area contributed by atoms with E-state index in [-0.39, 0.29) is 6.42 Å². The third-order valence-electron chi connectivity index (χ3n) is 6.44. The van der Waals surface area contributed by atoms with Gasteiger partial charge in [0, 0.05) is 65.9 Å². The van der Waals surface area contributed by atoms with E-state index in [1.807, 2.05) is 35.0 Å². The number of aryl methyl sites for hydroxylation is 2. The van der Waals surface area contributed by atoms with Gasteiger partial charge in [0.2, 0.25) is 5.82 Å². The normalized spacial score (nSPS) is 14.2. The second-order valence-corrected chi connectivity index (χ2v) is 8.54. The molecule has 1 saturated heterocycles. The number of carboxylic acids is 1. The van der Waals surface area contributed by atoms with Crippen LogP contribution in [-0.2, 0) is 17.8 Å². The van der Waals surface area contributed by atoms with E-state index in [0.717, 1.165) is 41.5 Å². The third kappa shape index (κ3) is 4.23. The third-order valence-corrected chi connectivity index (χ3v) is 6.44. The zero-order valence-electron chi connectivity index (χ0n) is 18.8. The Hall–Kier alpha value is -3.61. The van der Waals surface area contributed by atoms with Crippen molar-refractivity contribution in [3.8, 4) is 22.8 Å². The highest BCUT2D eigenvalue weighted by atomic mass is 16.5. The maximum absolute atomic E-state index is 10.9. The van der Waals surface area contributed by atoms with Crippen LogP contribution in [0.15, 0.2) is 53.2 Å². The van der Waals surface area contributed by atoms with E-state index < -0.39 is 5.97 Å². The number of fused-ring (bicyclic) bond motifs is 1. The van der Waals surface area contributed by atoms with E-state index in [1.165, 1.54) is 30.5 Å². The number of carbonyl (C=O) groups excluding carboxylic acids is 1. The van der Waals surface area contributed by atoms with Gasteiger partial charge in [-0.2, -0.15) is 4.98 Å². The van der Waals surface area contributed by atoms with E-state index in [1.54, 1.807) is 0 Å². The van der Waals surface area contributed by atoms with Crippen molar-refractivity contribution in [3.63, 3.8) is 0 Å². The lowest BCUT2D eigenvalue weighted by Crippen LogP contribution is -2.30. The summed E-state index contributed by atoms with van der Waals surface area (Å²) in [4.78, 5) is 18.0. The van der Waals surface area contributed by atoms with E-state index in [9.17, 15) is 9.90 Å². The number of piperidine rings is 1. The molecular weight excluding hydrogens is 416 g/mol. The first-order chi connectivity index (χ1) is 16.1. The first-order valence-electron chi connectivity index (χ1n) is 11.6. The van der Waals surface area contributed by atoms with Gasteiger partial charge in [-0.3, -0.25) is 0 Å². The Balaban J connectivity index is 1.45. The molecule has 0 aliphatic carbocycles. The van der Waals surface area contributed by atoms with Gasteiger partial charge in [0.05, 0.1) is 0 Å². The van der Waals surface area contributed by atoms with Gasteiger partial charge in [0.1, 0.15) is 0 Å². The summed E-state index contributed by atoms with van der Waals surface area (Å²) >= 11 is 0. The Morgan fingerprint density at radius 2 is 1.97 bits per heavy atom. The van der Waals surface area contributed by atoms with Gasteiger partial charge in [0.25, 0.3) is 5.89 Å². The minimum absolute atomic E-state index is 0.0342. The first-order valence-corrected chi connectivity index (χ1v) is 11.6. The molecule has 0 atom stereocenters. The van der Waals surface area contributed by atoms with Gasteiger partial charge in [0.15, 0.2) is 0 Å². The van der Waals surface area contributed by atoms with Crippen molar-refractivity contribution in [1.82, 2.24) is 14.7 Å². The molecule has 1 aliphatic rings. The molecule has 0 unspecified atom stereocenters. The summed E-state index contributed by atoms with van der Waals surface area (Å²) in [6.45, 7) is 4.76. The lowest BCUT2D eigenvalue weighted by Gasteiger charge is -2.30. The number of benzene rings is 2. The van der Waals surface area contributed by atoms with Crippen molar-refractivity contribution in [1.29, 1.82) is 0 Å². The van der Waals surface area contributed by atoms with E-state index in [2.05, 4.69) is 35.2 Å². The number of aliphatic carboxylic acids is 1. The zero-order chi connectivity index (χ0) is 22.8. The molecule has 5 rings (SSSR count). The van der Waals surface area contributed by atoms with Gasteiger partial charge < -0.3 is 23.9 Å². The summed E-state index contributed by atoms with van der Waals surface area (Å²) in [5.41, 5.74) is 5.31. The second-order valence-electron chi connectivity index (χ2n) is 8.54. The Bertz CT molecular complexity index is 1280. The van der Waals surface area contributed by atoms with E-state index in [0.29, 0.717) is 18.3 Å². The highest BCUT2D eigenvalue weighted by molar-refractivity contribution is 5.94. The molecule has 7 nitrogen and oxygen atoms in total. The van der Waals surface area contributed by atoms with Crippen molar-refractivity contribution in [2.24, 2.45) is 0 Å². The van der Waals surface area contributed by atoms with Crippen molar-refractivity contribution < 1.29 is 14.4 Å². The van der Waals surface area contributed by atoms with Gasteiger partial charge in [-0.25, -0.2) is 0 Å². The molecule has 170 valence electrons. The predicted molar refractivity (Wildman–Crippen MR) is 126 cm³/mol. The number of nitrogens with zero attached hydrogens (tertiary/aromatic N) is 4. The molecule has 2 aromatic carbocycles. The van der Waals surface area contributed by atoms with Gasteiger partial charge in [-0.15, -0.1) is 0 Å². The highest BCUT2D eigenvalue weighted by Crippen LogP contribution is 2.32. The maximum Gasteiger partial charge on any atom is 0.258 e. The smallest absolute Gasteiger partial charge is 0.258 e. The minimum atomic E-state index is -1.06. The fraction of sp³-hybridized carbons (Fsp3) is 0.346. The molecule has 33 heavy (non-hydrogen) atoms. The minimum Gasteiger partial charge on any atom is -0.550 e. The molecule has 2 aromatic heterocycles. The molecule has 1 fully saturated rings. The SMILES string of the molecule is CCc1cc(-c2nc(-c3cccc4c3ccn4CCC(=O)[O-])no2)ccc1N1CCCCC1. The van der Waals surface area contributed by atoms with Crippen LogP contribution in [0.5, 0.6) is 0 Å². The number of hydrogen-bond donors (Lipinski definition) is 0. The second kappa shape index (κ2) is 9.10. The average Bonchev–Trinajstić information content (AvgIpc) is 3.50. The van der Waals surface area contributed by atoms with Crippen molar-refractivity contribution in [2.75, 3.05) is 18.0 Å². The van der Waals surface area contributed by atoms with E-state index >= 15 is 0 Å². The molecule has 3 heterocycles. The largest absolute Gasteiger partial charge is 0.550 e. The van der Waals surface area contributed by atoms with Crippen molar-refractivity contribution >= 4 is 22.6 Å². The molecule has 0 N–H and O–H groups in total. The number of aromatic nitrogens is 3. The van der Waals surface area contributed by atoms with Crippen LogP contribution in [0.2, 0.25) is 0 Å². The Labute approximate surface area is 192 Å². The lowest BCUT2D eigenvalue weighted by molar-refractivity contribution is -0.305. The van der Waals surface area contributed by atoms with Gasteiger partial charge >= 0.3 is 0 Å². The Kier molecular flexibility index (Phi) is 5.86. The quantitative estimate of drug-likeness (QED) is 0.428. The molecular formula is C26H27N4O3-. The first kappa shape index (κ1) is 21.2. The number of rotatable bonds is 7. The Morgan fingerprint density at radius 1 is 1.12 bits per heavy atom. The fourth-order valence-electron chi connectivity index (χ4n) is 4.72. The number of hydrogen-bond acceptors (Lipinski definition) is 6. The molecule has 0 saturated carbocycles. The summed E-state index contributed by atoms with van der Waals surface area (Å²) in [5.74, 6) is -0.0433. The summed E-state index contributed by atoms with van der Waals surface area (Å²) in [7, 11) is 0.